The van der Waals surface area contributed by atoms with Gasteiger partial charge in [-0.15, -0.1) is 0 Å². The largest absolute Gasteiger partial charge is 0.497 e. The molecule has 0 saturated carbocycles. The second-order valence-corrected chi connectivity index (χ2v) is 6.90. The van der Waals surface area contributed by atoms with Crippen molar-refractivity contribution in [1.82, 2.24) is 10.2 Å². The van der Waals surface area contributed by atoms with Gasteiger partial charge < -0.3 is 15.0 Å². The summed E-state index contributed by atoms with van der Waals surface area (Å²) < 4.78 is 84.5. The molecule has 1 aliphatic rings. The Balaban J connectivity index is 2.26. The second-order valence-electron chi connectivity index (χ2n) is 6.90. The van der Waals surface area contributed by atoms with Crippen LogP contribution in [0.1, 0.15) is 18.9 Å². The Kier molecular flexibility index (Phi) is 6.39. The maximum atomic E-state index is 13.2. The number of methoxy groups -OCH3 is 1. The molecule has 0 spiro atoms. The average Bonchev–Trinajstić information content (AvgIpc) is 3.07. The van der Waals surface area contributed by atoms with Gasteiger partial charge >= 0.3 is 12.4 Å². The van der Waals surface area contributed by atoms with Crippen molar-refractivity contribution in [3.63, 3.8) is 0 Å². The maximum Gasteiger partial charge on any atom is 0.404 e. The molecule has 0 bridgehead atoms. The zero-order valence-corrected chi connectivity index (χ0v) is 15.7. The van der Waals surface area contributed by atoms with E-state index in [0.29, 0.717) is 16.2 Å². The lowest BCUT2D eigenvalue weighted by Gasteiger charge is -2.34. The molecule has 1 aromatic carbocycles. The van der Waals surface area contributed by atoms with Gasteiger partial charge in [-0.25, -0.2) is 0 Å². The number of carbonyl (C=O) groups is 2. The van der Waals surface area contributed by atoms with Crippen molar-refractivity contribution < 1.29 is 40.7 Å². The van der Waals surface area contributed by atoms with Crippen molar-refractivity contribution in [1.29, 1.82) is 0 Å². The van der Waals surface area contributed by atoms with Crippen molar-refractivity contribution in [3.05, 3.63) is 29.8 Å². The molecule has 5 nitrogen and oxygen atoms in total. The number of likely N-dealkylation sites (tertiary alicyclic amines) is 1. The zero-order chi connectivity index (χ0) is 22.0. The molecule has 1 fully saturated rings. The lowest BCUT2D eigenvalue weighted by Crippen LogP contribution is -2.54. The van der Waals surface area contributed by atoms with Gasteiger partial charge in [0, 0.05) is 26.4 Å². The molecular weight excluding hydrogens is 406 g/mol. The summed E-state index contributed by atoms with van der Waals surface area (Å²) in [7, 11) is 1.41. The molecule has 1 heterocycles. The number of hydrogen-bond acceptors (Lipinski definition) is 3. The van der Waals surface area contributed by atoms with Crippen LogP contribution in [0, 0.1) is 5.41 Å². The van der Waals surface area contributed by atoms with E-state index in [1.165, 1.54) is 7.11 Å². The molecule has 1 unspecified atom stereocenters. The highest BCUT2D eigenvalue weighted by molar-refractivity contribution is 5.87. The van der Waals surface area contributed by atoms with Crippen LogP contribution in [0.5, 0.6) is 5.75 Å². The number of ether oxygens (including phenoxy) is 1. The minimum atomic E-state index is -5.56. The quantitative estimate of drug-likeness (QED) is 0.737. The minimum absolute atomic E-state index is 0.114. The summed E-state index contributed by atoms with van der Waals surface area (Å²) in [4.78, 5) is 24.7. The third kappa shape index (κ3) is 4.76. The van der Waals surface area contributed by atoms with Crippen LogP contribution in [-0.2, 0) is 16.0 Å². The predicted octanol–water partition coefficient (Wildman–Crippen LogP) is 3.09. The topological polar surface area (TPSA) is 58.6 Å². The van der Waals surface area contributed by atoms with Crippen molar-refractivity contribution in [2.24, 2.45) is 5.41 Å². The lowest BCUT2D eigenvalue weighted by atomic mass is 9.85. The van der Waals surface area contributed by atoms with Gasteiger partial charge in [0.15, 0.2) is 5.41 Å². The fourth-order valence-electron chi connectivity index (χ4n) is 3.32. The van der Waals surface area contributed by atoms with Gasteiger partial charge in [0.1, 0.15) is 11.8 Å². The Morgan fingerprint density at radius 2 is 1.83 bits per heavy atom. The molecule has 0 aromatic heterocycles. The van der Waals surface area contributed by atoms with Crippen LogP contribution in [0.15, 0.2) is 24.3 Å². The summed E-state index contributed by atoms with van der Waals surface area (Å²) in [5.41, 5.74) is -3.46. The molecule has 0 aliphatic carbocycles. The van der Waals surface area contributed by atoms with Gasteiger partial charge in [0.25, 0.3) is 0 Å². The highest BCUT2D eigenvalue weighted by atomic mass is 19.4. The fraction of sp³-hybridized carbons (Fsp3) is 0.556. The van der Waals surface area contributed by atoms with E-state index in [1.807, 2.05) is 0 Å². The van der Waals surface area contributed by atoms with Crippen LogP contribution >= 0.6 is 0 Å². The molecule has 2 rings (SSSR count). The van der Waals surface area contributed by atoms with E-state index < -0.39 is 55.1 Å². The Bertz CT molecular complexity index is 749. The number of rotatable bonds is 5. The first kappa shape index (κ1) is 22.8. The molecule has 0 radical (unpaired) electrons. The number of hydrogen-bond donors (Lipinski definition) is 1. The predicted molar refractivity (Wildman–Crippen MR) is 90.0 cm³/mol. The van der Waals surface area contributed by atoms with Crippen LogP contribution in [0.4, 0.5) is 26.3 Å². The van der Waals surface area contributed by atoms with E-state index in [0.717, 1.165) is 6.92 Å². The van der Waals surface area contributed by atoms with Crippen LogP contribution in [0.3, 0.4) is 0 Å². The summed E-state index contributed by atoms with van der Waals surface area (Å²) in [5, 5.41) is 2.31. The van der Waals surface area contributed by atoms with Gasteiger partial charge in [-0.1, -0.05) is 12.1 Å². The first-order chi connectivity index (χ1) is 13.3. The number of halogens is 6. The van der Waals surface area contributed by atoms with E-state index in [-0.39, 0.29) is 6.42 Å². The summed E-state index contributed by atoms with van der Waals surface area (Å²) in [6.07, 6.45) is -12.5. The number of carbonyl (C=O) groups excluding carboxylic acids is 2. The van der Waals surface area contributed by atoms with Crippen molar-refractivity contribution in [3.8, 4) is 5.75 Å². The summed E-state index contributed by atoms with van der Waals surface area (Å²) in [6.45, 7) is -1.15. The number of benzene rings is 1. The zero-order valence-electron chi connectivity index (χ0n) is 15.7. The van der Waals surface area contributed by atoms with E-state index in [9.17, 15) is 35.9 Å². The molecule has 1 aliphatic heterocycles. The Hall–Kier alpha value is -2.46. The second kappa shape index (κ2) is 8.11. The average molecular weight is 426 g/mol. The van der Waals surface area contributed by atoms with Crippen LogP contribution in [0.25, 0.3) is 0 Å². The molecule has 11 heteroatoms. The van der Waals surface area contributed by atoms with Crippen LogP contribution in [-0.4, -0.2) is 55.3 Å². The van der Waals surface area contributed by atoms with Gasteiger partial charge in [-0.3, -0.25) is 9.59 Å². The monoisotopic (exact) mass is 426 g/mol. The van der Waals surface area contributed by atoms with Crippen molar-refractivity contribution in [2.75, 3.05) is 20.2 Å². The van der Waals surface area contributed by atoms with Gasteiger partial charge in [0.2, 0.25) is 11.8 Å². The SMILES string of the molecule is COc1cccc(CC(NC(C)=O)C(=O)N2CCC(C(F)(F)F)(C(F)(F)F)C2)c1. The fourth-order valence-corrected chi connectivity index (χ4v) is 3.32. The summed E-state index contributed by atoms with van der Waals surface area (Å²) in [6, 6.07) is 5.08. The van der Waals surface area contributed by atoms with Crippen LogP contribution < -0.4 is 10.1 Å². The number of nitrogens with one attached hydrogen (secondary N) is 1. The van der Waals surface area contributed by atoms with Crippen LogP contribution in [0.2, 0.25) is 0 Å². The van der Waals surface area contributed by atoms with Gasteiger partial charge in [0.05, 0.1) is 7.11 Å². The first-order valence-corrected chi connectivity index (χ1v) is 8.63. The minimum Gasteiger partial charge on any atom is -0.497 e. The Morgan fingerprint density at radius 1 is 1.21 bits per heavy atom. The molecular formula is C18H20F6N2O3. The van der Waals surface area contributed by atoms with Crippen molar-refractivity contribution in [2.45, 2.75) is 38.2 Å². The number of nitrogens with zero attached hydrogens (tertiary/aromatic N) is 1. The molecule has 2 amide bonds. The third-order valence-corrected chi connectivity index (χ3v) is 4.92. The van der Waals surface area contributed by atoms with Crippen molar-refractivity contribution >= 4 is 11.8 Å². The number of amides is 2. The van der Waals surface area contributed by atoms with E-state index in [2.05, 4.69) is 5.32 Å². The molecule has 1 aromatic rings. The van der Waals surface area contributed by atoms with E-state index in [1.54, 1.807) is 24.3 Å². The Labute approximate surface area is 163 Å². The molecule has 1 atom stereocenters. The third-order valence-electron chi connectivity index (χ3n) is 4.92. The smallest absolute Gasteiger partial charge is 0.404 e. The maximum absolute atomic E-state index is 13.2. The summed E-state index contributed by atoms with van der Waals surface area (Å²) in [5.74, 6) is -1.19. The van der Waals surface area contributed by atoms with Gasteiger partial charge in [-0.05, 0) is 24.1 Å². The molecule has 1 saturated heterocycles. The lowest BCUT2D eigenvalue weighted by molar-refractivity contribution is -0.334. The van der Waals surface area contributed by atoms with Gasteiger partial charge in [-0.2, -0.15) is 26.3 Å². The van der Waals surface area contributed by atoms with E-state index >= 15 is 0 Å². The van der Waals surface area contributed by atoms with E-state index in [4.69, 9.17) is 4.74 Å². The highest BCUT2D eigenvalue weighted by Gasteiger charge is 2.73. The summed E-state index contributed by atoms with van der Waals surface area (Å²) >= 11 is 0. The normalized spacial score (nSPS) is 17.7. The standard InChI is InChI=1S/C18H20F6N2O3/c1-11(27)25-14(9-12-4-3-5-13(8-12)29-2)15(28)26-7-6-16(10-26,17(19,20)21)18(22,23)24/h3-5,8,14H,6-7,9-10H2,1-2H3,(H,25,27). The molecule has 29 heavy (non-hydrogen) atoms. The number of alkyl halides is 6. The highest BCUT2D eigenvalue weighted by Crippen LogP contribution is 2.55. The first-order valence-electron chi connectivity index (χ1n) is 8.63. The Morgan fingerprint density at radius 3 is 2.31 bits per heavy atom. The molecule has 162 valence electrons. The molecule has 1 N–H and O–H groups in total.